The lowest BCUT2D eigenvalue weighted by molar-refractivity contribution is 0.398. The molecule has 1 aliphatic heterocycles. The fraction of sp³-hybridized carbons (Fsp3) is 0.400. The van der Waals surface area contributed by atoms with Crippen LogP contribution in [-0.4, -0.2) is 20.0 Å². The lowest BCUT2D eigenvalue weighted by Gasteiger charge is -2.27. The van der Waals surface area contributed by atoms with Gasteiger partial charge >= 0.3 is 0 Å². The van der Waals surface area contributed by atoms with Crippen molar-refractivity contribution in [1.82, 2.24) is 0 Å². The van der Waals surface area contributed by atoms with Crippen LogP contribution in [-0.2, 0) is 5.41 Å². The highest BCUT2D eigenvalue weighted by molar-refractivity contribution is 6.32. The third-order valence-electron chi connectivity index (χ3n) is 3.06. The van der Waals surface area contributed by atoms with Gasteiger partial charge in [-0.15, -0.1) is 0 Å². The van der Waals surface area contributed by atoms with Crippen LogP contribution in [0.1, 0.15) is 26.3 Å². The van der Waals surface area contributed by atoms with E-state index in [2.05, 4.69) is 36.7 Å². The molecular formula is C15H19ClN2O. The zero-order valence-electron chi connectivity index (χ0n) is 11.8. The molecule has 102 valence electrons. The van der Waals surface area contributed by atoms with Crippen LogP contribution in [0.5, 0.6) is 5.75 Å². The van der Waals surface area contributed by atoms with Gasteiger partial charge in [-0.1, -0.05) is 32.4 Å². The Kier molecular flexibility index (Phi) is 3.85. The van der Waals surface area contributed by atoms with E-state index in [-0.39, 0.29) is 5.41 Å². The number of ether oxygens (including phenoxy) is 1. The number of aliphatic imine (C=N–C) groups is 1. The zero-order chi connectivity index (χ0) is 14.0. The summed E-state index contributed by atoms with van der Waals surface area (Å²) in [6, 6.07) is 4.04. The summed E-state index contributed by atoms with van der Waals surface area (Å²) in [5, 5.41) is 0.632. The van der Waals surface area contributed by atoms with Crippen LogP contribution < -0.4 is 9.64 Å². The van der Waals surface area contributed by atoms with Gasteiger partial charge in [-0.05, 0) is 23.6 Å². The minimum atomic E-state index is -0.0340. The van der Waals surface area contributed by atoms with Crippen molar-refractivity contribution < 1.29 is 4.74 Å². The molecule has 0 spiro atoms. The first-order valence-corrected chi connectivity index (χ1v) is 6.62. The Bertz CT molecular complexity index is 530. The van der Waals surface area contributed by atoms with E-state index in [0.717, 1.165) is 17.0 Å². The normalized spacial score (nSPS) is 14.9. The second kappa shape index (κ2) is 5.25. The first kappa shape index (κ1) is 13.9. The summed E-state index contributed by atoms with van der Waals surface area (Å²) in [5.74, 6) is 0.752. The average Bonchev–Trinajstić information content (AvgIpc) is 2.37. The molecule has 4 heteroatoms. The number of rotatable bonds is 2. The predicted octanol–water partition coefficient (Wildman–Crippen LogP) is 4.01. The van der Waals surface area contributed by atoms with Crippen molar-refractivity contribution in [3.8, 4) is 5.75 Å². The summed E-state index contributed by atoms with van der Waals surface area (Å²) >= 11 is 6.35. The lowest BCUT2D eigenvalue weighted by Crippen LogP contribution is -2.20. The van der Waals surface area contributed by atoms with Gasteiger partial charge in [0.25, 0.3) is 0 Å². The van der Waals surface area contributed by atoms with Crippen LogP contribution in [0.15, 0.2) is 29.4 Å². The topological polar surface area (TPSA) is 24.8 Å². The Hall–Kier alpha value is -1.48. The molecule has 0 aliphatic carbocycles. The molecule has 0 atom stereocenters. The Morgan fingerprint density at radius 3 is 2.58 bits per heavy atom. The Morgan fingerprint density at radius 2 is 2.05 bits per heavy atom. The first-order valence-electron chi connectivity index (χ1n) is 6.25. The van der Waals surface area contributed by atoms with Crippen LogP contribution in [0, 0.1) is 0 Å². The molecule has 19 heavy (non-hydrogen) atoms. The lowest BCUT2D eigenvalue weighted by atomic mass is 9.86. The number of hydrogen-bond donors (Lipinski definition) is 0. The van der Waals surface area contributed by atoms with Crippen LogP contribution in [0.2, 0.25) is 5.02 Å². The molecule has 0 aromatic heterocycles. The van der Waals surface area contributed by atoms with Crippen LogP contribution >= 0.6 is 11.6 Å². The van der Waals surface area contributed by atoms with Crippen molar-refractivity contribution in [2.24, 2.45) is 4.99 Å². The summed E-state index contributed by atoms with van der Waals surface area (Å²) in [6.45, 7) is 7.06. The van der Waals surface area contributed by atoms with Gasteiger partial charge in [-0.25, -0.2) is 0 Å². The summed E-state index contributed by atoms with van der Waals surface area (Å²) in [7, 11) is 1.65. The van der Waals surface area contributed by atoms with Gasteiger partial charge < -0.3 is 9.64 Å². The van der Waals surface area contributed by atoms with E-state index in [1.807, 2.05) is 18.3 Å². The number of hydrogen-bond acceptors (Lipinski definition) is 3. The summed E-state index contributed by atoms with van der Waals surface area (Å²) in [5.41, 5.74) is 2.09. The molecule has 1 aromatic carbocycles. The predicted molar refractivity (Wildman–Crippen MR) is 81.7 cm³/mol. The van der Waals surface area contributed by atoms with E-state index in [0.29, 0.717) is 11.7 Å². The zero-order valence-corrected chi connectivity index (χ0v) is 12.5. The molecule has 0 unspecified atom stereocenters. The Balaban J connectivity index is 2.50. The largest absolute Gasteiger partial charge is 0.495 e. The summed E-state index contributed by atoms with van der Waals surface area (Å²) < 4.78 is 5.45. The van der Waals surface area contributed by atoms with Crippen molar-refractivity contribution in [1.29, 1.82) is 0 Å². The van der Waals surface area contributed by atoms with E-state index in [4.69, 9.17) is 16.3 Å². The van der Waals surface area contributed by atoms with Crippen LogP contribution in [0.3, 0.4) is 0 Å². The minimum Gasteiger partial charge on any atom is -0.495 e. The molecule has 0 saturated heterocycles. The van der Waals surface area contributed by atoms with Gasteiger partial charge in [-0.3, -0.25) is 4.99 Å². The molecule has 1 heterocycles. The fourth-order valence-corrected chi connectivity index (χ4v) is 2.35. The number of nitrogens with zero attached hydrogens (tertiary/aromatic N) is 2. The highest BCUT2D eigenvalue weighted by Crippen LogP contribution is 2.40. The number of allylic oxidation sites excluding steroid dienone is 1. The maximum atomic E-state index is 6.35. The molecule has 0 N–H and O–H groups in total. The van der Waals surface area contributed by atoms with Crippen molar-refractivity contribution in [2.45, 2.75) is 26.2 Å². The molecule has 0 bridgehead atoms. The fourth-order valence-electron chi connectivity index (χ4n) is 2.06. The van der Waals surface area contributed by atoms with Gasteiger partial charge in [0.05, 0.1) is 12.1 Å². The number of anilines is 1. The molecule has 0 fully saturated rings. The summed E-state index contributed by atoms with van der Waals surface area (Å²) in [4.78, 5) is 6.29. The molecule has 3 nitrogen and oxygen atoms in total. The SMILES string of the molecule is COc1c(Cl)cc(N2C=CC=NC2)cc1C(C)(C)C. The highest BCUT2D eigenvalue weighted by atomic mass is 35.5. The van der Waals surface area contributed by atoms with Gasteiger partial charge in [0.2, 0.25) is 0 Å². The van der Waals surface area contributed by atoms with Crippen molar-refractivity contribution in [3.05, 3.63) is 35.0 Å². The maximum absolute atomic E-state index is 6.35. The third-order valence-corrected chi connectivity index (χ3v) is 3.34. The molecule has 1 aliphatic rings. The van der Waals surface area contributed by atoms with E-state index in [1.54, 1.807) is 13.3 Å². The number of methoxy groups -OCH3 is 1. The molecule has 1 aromatic rings. The Labute approximate surface area is 119 Å². The highest BCUT2D eigenvalue weighted by Gasteiger charge is 2.23. The standard InChI is InChI=1S/C15H19ClN2O/c1-15(2,3)12-8-11(9-13(16)14(12)19-4)18-7-5-6-17-10-18/h5-9H,10H2,1-4H3. The smallest absolute Gasteiger partial charge is 0.141 e. The van der Waals surface area contributed by atoms with E-state index < -0.39 is 0 Å². The van der Waals surface area contributed by atoms with Gasteiger partial charge in [0, 0.05) is 23.7 Å². The van der Waals surface area contributed by atoms with Crippen LogP contribution in [0.4, 0.5) is 5.69 Å². The number of halogens is 1. The second-order valence-electron chi connectivity index (χ2n) is 5.54. The molecule has 0 amide bonds. The third kappa shape index (κ3) is 2.92. The Morgan fingerprint density at radius 1 is 1.32 bits per heavy atom. The van der Waals surface area contributed by atoms with Crippen molar-refractivity contribution >= 4 is 23.5 Å². The average molecular weight is 279 g/mol. The second-order valence-corrected chi connectivity index (χ2v) is 5.95. The van der Waals surface area contributed by atoms with E-state index in [9.17, 15) is 0 Å². The van der Waals surface area contributed by atoms with Gasteiger partial charge in [-0.2, -0.15) is 0 Å². The van der Waals surface area contributed by atoms with Crippen LogP contribution in [0.25, 0.3) is 0 Å². The van der Waals surface area contributed by atoms with Crippen molar-refractivity contribution in [2.75, 3.05) is 18.7 Å². The molecule has 2 rings (SSSR count). The quantitative estimate of drug-likeness (QED) is 0.817. The molecular weight excluding hydrogens is 260 g/mol. The number of benzene rings is 1. The van der Waals surface area contributed by atoms with Gasteiger partial charge in [0.15, 0.2) is 0 Å². The van der Waals surface area contributed by atoms with E-state index >= 15 is 0 Å². The molecule has 0 radical (unpaired) electrons. The van der Waals surface area contributed by atoms with Gasteiger partial charge in [0.1, 0.15) is 12.4 Å². The van der Waals surface area contributed by atoms with E-state index in [1.165, 1.54) is 0 Å². The summed E-state index contributed by atoms with van der Waals surface area (Å²) in [6.07, 6.45) is 5.71. The first-order chi connectivity index (χ1) is 8.93. The monoisotopic (exact) mass is 278 g/mol. The van der Waals surface area contributed by atoms with Crippen molar-refractivity contribution in [3.63, 3.8) is 0 Å². The maximum Gasteiger partial charge on any atom is 0.141 e. The molecule has 0 saturated carbocycles. The minimum absolute atomic E-state index is 0.0340.